The van der Waals surface area contributed by atoms with Gasteiger partial charge in [0.1, 0.15) is 67.0 Å². The third kappa shape index (κ3) is 15.2. The molecule has 522 valence electrons. The van der Waals surface area contributed by atoms with Gasteiger partial charge in [0.25, 0.3) is 0 Å². The van der Waals surface area contributed by atoms with Crippen molar-refractivity contribution in [3.05, 3.63) is 309 Å². The highest BCUT2D eigenvalue weighted by atomic mass is 16.5. The van der Waals surface area contributed by atoms with Crippen molar-refractivity contribution in [2.45, 2.75) is 46.6 Å². The van der Waals surface area contributed by atoms with Crippen molar-refractivity contribution >= 4 is 72.4 Å². The standard InChI is InChI=1S/2C17H14N4O.C17H14N4.C16H13N5.C16H12N4O/c1-12-18-19-16(22-12)11-21-15-10-6-5-9-14(15)17(20-21)13-7-3-2-4-8-13;1-12-18-16(20-22-12)11-21-15-10-6-5-9-14(15)17(19-21)13-7-3-2-4-8-13;1-2-6-13(7-3-1)17-14-8-4-5-9-15(14)21(20-17)12-16-18-10-11-19-16;1-2-6-12(7-3-1)16-13-8-4-5-9-14(13)21(20-16)10-15-17-11-18-19-15;1-2-6-12(7-3-1)16-13-8-4-5-9-14(13)20(19-16)10-15-18-17-11-21-15/h2*2-10H,11H2,1H3;1-10H,11-12H2;1-9H,10-11H2;1-9,11H,10H2. The first-order valence-electron chi connectivity index (χ1n) is 34.7. The quantitative estimate of drug-likeness (QED) is 0.0924. The van der Waals surface area contributed by atoms with Crippen molar-refractivity contribution in [3.63, 3.8) is 0 Å². The van der Waals surface area contributed by atoms with Crippen LogP contribution in [0.1, 0.15) is 29.4 Å². The van der Waals surface area contributed by atoms with E-state index in [4.69, 9.17) is 38.9 Å². The number of fused-ring (bicyclic) bond motifs is 5. The van der Waals surface area contributed by atoms with Crippen LogP contribution in [0.15, 0.2) is 318 Å². The Bertz CT molecular complexity index is 5850. The number of benzene rings is 10. The molecule has 0 saturated carbocycles. The molecule has 0 radical (unpaired) electrons. The third-order valence-corrected chi connectivity index (χ3v) is 17.6. The van der Waals surface area contributed by atoms with Gasteiger partial charge in [-0.05, 0) is 30.3 Å². The summed E-state index contributed by atoms with van der Waals surface area (Å²) in [5.74, 6) is 4.42. The van der Waals surface area contributed by atoms with Crippen LogP contribution in [-0.2, 0) is 32.7 Å². The van der Waals surface area contributed by atoms with E-state index in [0.717, 1.165) is 122 Å². The Labute approximate surface area is 612 Å². The van der Waals surface area contributed by atoms with E-state index in [1.807, 2.05) is 187 Å². The van der Waals surface area contributed by atoms with Crippen LogP contribution in [0.3, 0.4) is 0 Å². The second kappa shape index (κ2) is 31.4. The van der Waals surface area contributed by atoms with Gasteiger partial charge in [0, 0.05) is 74.8 Å². The second-order valence-electron chi connectivity index (χ2n) is 24.7. The molecular formula is C83H67N21O3. The molecule has 2 aliphatic heterocycles. The number of hydrogen-bond acceptors (Lipinski definition) is 19. The predicted molar refractivity (Wildman–Crippen MR) is 413 cm³/mol. The molecule has 24 nitrogen and oxygen atoms in total. The number of aromatic nitrogens is 16. The van der Waals surface area contributed by atoms with Crippen molar-refractivity contribution in [1.82, 2.24) is 79.4 Å². The molecule has 10 heterocycles. The molecule has 0 fully saturated rings. The molecule has 0 bridgehead atoms. The Hall–Kier alpha value is -14.4. The highest BCUT2D eigenvalue weighted by molar-refractivity contribution is 5.99. The fourth-order valence-corrected chi connectivity index (χ4v) is 12.8. The Morgan fingerprint density at radius 2 is 0.710 bits per heavy atom. The Morgan fingerprint density at radius 3 is 1.04 bits per heavy atom. The Kier molecular flexibility index (Phi) is 19.7. The highest BCUT2D eigenvalue weighted by Gasteiger charge is 2.20. The summed E-state index contributed by atoms with van der Waals surface area (Å²) in [6.45, 7) is 7.27. The van der Waals surface area contributed by atoms with E-state index in [1.165, 1.54) is 6.39 Å². The molecule has 10 aromatic carbocycles. The second-order valence-corrected chi connectivity index (χ2v) is 24.7. The molecular weight excluding hydrogens is 1340 g/mol. The van der Waals surface area contributed by atoms with E-state index < -0.39 is 0 Å². The fraction of sp³-hybridized carbons (Fsp3) is 0.108. The van der Waals surface area contributed by atoms with Crippen molar-refractivity contribution in [2.24, 2.45) is 25.2 Å². The minimum absolute atomic E-state index is 0.431. The van der Waals surface area contributed by atoms with E-state index in [9.17, 15) is 0 Å². The number of aliphatic imine (C=N–C) groups is 3. The smallest absolute Gasteiger partial charge is 0.237 e. The molecule has 0 saturated heterocycles. The fourth-order valence-electron chi connectivity index (χ4n) is 12.8. The molecule has 18 aromatic rings. The summed E-state index contributed by atoms with van der Waals surface area (Å²) in [4.78, 5) is 17.1. The van der Waals surface area contributed by atoms with Crippen LogP contribution in [0.4, 0.5) is 0 Å². The molecule has 0 aliphatic carbocycles. The normalized spacial score (nSPS) is 12.2. The maximum atomic E-state index is 5.47. The van der Waals surface area contributed by atoms with Crippen LogP contribution >= 0.6 is 0 Å². The third-order valence-electron chi connectivity index (χ3n) is 17.6. The molecule has 20 rings (SSSR count). The zero-order chi connectivity index (χ0) is 72.1. The summed E-state index contributed by atoms with van der Waals surface area (Å²) in [6.07, 6.45) is 3.16. The number of azo groups is 1. The van der Waals surface area contributed by atoms with E-state index in [2.05, 4.69) is 171 Å². The molecule has 0 amide bonds. The van der Waals surface area contributed by atoms with Crippen molar-refractivity contribution in [1.29, 1.82) is 0 Å². The summed E-state index contributed by atoms with van der Waals surface area (Å²) in [5, 5.41) is 56.8. The van der Waals surface area contributed by atoms with Crippen molar-refractivity contribution in [3.8, 4) is 56.3 Å². The van der Waals surface area contributed by atoms with Crippen molar-refractivity contribution < 1.29 is 13.4 Å². The number of para-hydroxylation sites is 5. The van der Waals surface area contributed by atoms with Gasteiger partial charge in [0.2, 0.25) is 30.0 Å². The lowest BCUT2D eigenvalue weighted by molar-refractivity contribution is 0.385. The maximum absolute atomic E-state index is 5.47. The van der Waals surface area contributed by atoms with Gasteiger partial charge < -0.3 is 13.4 Å². The van der Waals surface area contributed by atoms with Gasteiger partial charge in [-0.2, -0.15) is 35.6 Å². The molecule has 0 N–H and O–H groups in total. The van der Waals surface area contributed by atoms with Crippen LogP contribution in [0, 0.1) is 13.8 Å². The molecule has 2 aliphatic rings. The van der Waals surface area contributed by atoms with E-state index in [1.54, 1.807) is 13.8 Å². The first-order chi connectivity index (χ1) is 52.9. The number of rotatable bonds is 15. The van der Waals surface area contributed by atoms with Gasteiger partial charge in [-0.3, -0.25) is 28.4 Å². The van der Waals surface area contributed by atoms with Crippen molar-refractivity contribution in [2.75, 3.05) is 13.2 Å². The van der Waals surface area contributed by atoms with E-state index in [-0.39, 0.29) is 0 Å². The SMILES string of the molecule is C1=NC(Cn2nc(-c3ccccc3)c3ccccc32)=NC1.Cc1nc(Cn2nc(-c3ccccc3)c3ccccc32)no1.Cc1nnc(Cn2nc(-c3ccccc3)c3ccccc32)o1.c1ccc(-c2nn(CC3=NCN=N3)c3ccccc23)cc1.c1ccc(-c2nn(Cc3nnco3)c3ccccc23)cc1. The van der Waals surface area contributed by atoms with Crippen LogP contribution in [-0.4, -0.2) is 111 Å². The topological polar surface area (TPSA) is 268 Å². The summed E-state index contributed by atoms with van der Waals surface area (Å²) in [6, 6.07) is 92.0. The van der Waals surface area contributed by atoms with Crippen LogP contribution in [0.25, 0.3) is 111 Å². The largest absolute Gasteiger partial charge is 0.426 e. The summed E-state index contributed by atoms with van der Waals surface area (Å²) in [5.41, 5.74) is 15.8. The van der Waals surface area contributed by atoms with Gasteiger partial charge in [0.15, 0.2) is 18.3 Å². The number of nitrogens with zero attached hydrogens (tertiary/aromatic N) is 21. The molecule has 24 heteroatoms. The minimum Gasteiger partial charge on any atom is -0.426 e. The number of amidine groups is 2. The van der Waals surface area contributed by atoms with Crippen LogP contribution in [0.2, 0.25) is 0 Å². The van der Waals surface area contributed by atoms with E-state index in [0.29, 0.717) is 75.3 Å². The van der Waals surface area contributed by atoms with Gasteiger partial charge in [-0.25, -0.2) is 9.98 Å². The average Bonchev–Trinajstić information content (AvgIpc) is 1.67. The lowest BCUT2D eigenvalue weighted by Crippen LogP contribution is -2.08. The first kappa shape index (κ1) is 67.1. The molecule has 0 atom stereocenters. The molecule has 8 aromatic heterocycles. The zero-order valence-corrected chi connectivity index (χ0v) is 58.2. The first-order valence-corrected chi connectivity index (χ1v) is 34.7. The van der Waals surface area contributed by atoms with Gasteiger partial charge in [-0.15, -0.1) is 25.5 Å². The van der Waals surface area contributed by atoms with Gasteiger partial charge in [-0.1, -0.05) is 248 Å². The molecule has 0 unspecified atom stereocenters. The lowest BCUT2D eigenvalue weighted by atomic mass is 10.1. The van der Waals surface area contributed by atoms with Crippen LogP contribution < -0.4 is 0 Å². The number of hydrogen-bond donors (Lipinski definition) is 0. The molecule has 107 heavy (non-hydrogen) atoms. The average molecular weight is 1410 g/mol. The lowest BCUT2D eigenvalue weighted by Gasteiger charge is -2.00. The minimum atomic E-state index is 0.431. The van der Waals surface area contributed by atoms with Crippen LogP contribution in [0.5, 0.6) is 0 Å². The Balaban J connectivity index is 0.000000102. The summed E-state index contributed by atoms with van der Waals surface area (Å²) >= 11 is 0. The predicted octanol–water partition coefficient (Wildman–Crippen LogP) is 16.7. The van der Waals surface area contributed by atoms with Gasteiger partial charge in [0.05, 0.1) is 34.1 Å². The number of aryl methyl sites for hydroxylation is 2. The highest BCUT2D eigenvalue weighted by Crippen LogP contribution is 2.33. The Morgan fingerprint density at radius 1 is 0.346 bits per heavy atom. The monoisotopic (exact) mass is 1410 g/mol. The van der Waals surface area contributed by atoms with E-state index >= 15 is 0 Å². The summed E-state index contributed by atoms with van der Waals surface area (Å²) in [7, 11) is 0. The van der Waals surface area contributed by atoms with Gasteiger partial charge >= 0.3 is 0 Å². The maximum Gasteiger partial charge on any atom is 0.237 e. The zero-order valence-electron chi connectivity index (χ0n) is 58.2. The molecule has 0 spiro atoms. The summed E-state index contributed by atoms with van der Waals surface area (Å²) < 4.78 is 25.4.